The van der Waals surface area contributed by atoms with Crippen LogP contribution in [-0.4, -0.2) is 66.0 Å². The Morgan fingerprint density at radius 2 is 1.92 bits per heavy atom. The Kier molecular flexibility index (Phi) is 8.48. The largest absolute Gasteiger partial charge is 0.353 e. The first-order valence-corrected chi connectivity index (χ1v) is 13.7. The molecule has 0 radical (unpaired) electrons. The molecular formula is C29H39N5O3. The van der Waals surface area contributed by atoms with E-state index in [-0.39, 0.29) is 18.7 Å². The number of Topliss-reactive ketones (excluding diaryl/α,β-unsaturated/α-hetero) is 1. The lowest BCUT2D eigenvalue weighted by atomic mass is 9.97. The van der Waals surface area contributed by atoms with Gasteiger partial charge in [0.2, 0.25) is 5.95 Å². The summed E-state index contributed by atoms with van der Waals surface area (Å²) in [6.45, 7) is 6.82. The molecule has 198 valence electrons. The van der Waals surface area contributed by atoms with Crippen molar-refractivity contribution in [2.45, 2.75) is 51.7 Å². The van der Waals surface area contributed by atoms with E-state index in [4.69, 9.17) is 9.47 Å². The summed E-state index contributed by atoms with van der Waals surface area (Å²) in [5.41, 5.74) is 4.60. The van der Waals surface area contributed by atoms with Gasteiger partial charge in [-0.3, -0.25) is 4.79 Å². The van der Waals surface area contributed by atoms with Crippen molar-refractivity contribution in [3.05, 3.63) is 53.5 Å². The Hall–Kier alpha value is -2.81. The quantitative estimate of drug-likeness (QED) is 0.329. The summed E-state index contributed by atoms with van der Waals surface area (Å²) < 4.78 is 13.4. The van der Waals surface area contributed by atoms with Gasteiger partial charge in [0.05, 0.1) is 5.56 Å². The maximum absolute atomic E-state index is 12.4. The van der Waals surface area contributed by atoms with Crippen molar-refractivity contribution in [3.8, 4) is 0 Å². The van der Waals surface area contributed by atoms with E-state index in [1.807, 2.05) is 0 Å². The molecule has 2 aromatic heterocycles. The summed E-state index contributed by atoms with van der Waals surface area (Å²) in [4.78, 5) is 23.6. The number of carbonyl (C=O) groups is 1. The Balaban J connectivity index is 1.03. The zero-order valence-corrected chi connectivity index (χ0v) is 22.1. The number of hydrogen-bond donors (Lipinski definition) is 1. The molecule has 0 spiro atoms. The van der Waals surface area contributed by atoms with Gasteiger partial charge in [-0.15, -0.1) is 0 Å². The number of hydrogen-bond acceptors (Lipinski definition) is 7. The molecule has 2 aliphatic rings. The van der Waals surface area contributed by atoms with Gasteiger partial charge >= 0.3 is 0 Å². The molecule has 37 heavy (non-hydrogen) atoms. The fourth-order valence-electron chi connectivity index (χ4n) is 5.49. The first kappa shape index (κ1) is 25.8. The van der Waals surface area contributed by atoms with Gasteiger partial charge in [0.15, 0.2) is 12.1 Å². The van der Waals surface area contributed by atoms with Crippen LogP contribution in [0.4, 0.5) is 5.95 Å². The third-order valence-corrected chi connectivity index (χ3v) is 7.91. The molecule has 0 bridgehead atoms. The van der Waals surface area contributed by atoms with E-state index in [0.29, 0.717) is 24.0 Å². The summed E-state index contributed by atoms with van der Waals surface area (Å²) >= 11 is 0. The summed E-state index contributed by atoms with van der Waals surface area (Å²) in [6.07, 6.45) is 9.23. The number of anilines is 1. The van der Waals surface area contributed by atoms with Gasteiger partial charge in [-0.2, -0.15) is 0 Å². The predicted molar refractivity (Wildman–Crippen MR) is 145 cm³/mol. The van der Waals surface area contributed by atoms with Gasteiger partial charge in [-0.1, -0.05) is 18.2 Å². The third kappa shape index (κ3) is 6.20. The third-order valence-electron chi connectivity index (χ3n) is 7.91. The lowest BCUT2D eigenvalue weighted by molar-refractivity contribution is -0.155. The zero-order valence-electron chi connectivity index (χ0n) is 22.1. The summed E-state index contributed by atoms with van der Waals surface area (Å²) in [5.74, 6) is 1.25. The van der Waals surface area contributed by atoms with E-state index in [1.54, 1.807) is 12.4 Å². The van der Waals surface area contributed by atoms with Crippen LogP contribution in [0, 0.1) is 12.8 Å². The molecule has 1 N–H and O–H groups in total. The lowest BCUT2D eigenvalue weighted by Gasteiger charge is -2.32. The number of ketones is 1. The van der Waals surface area contributed by atoms with E-state index in [0.717, 1.165) is 64.7 Å². The monoisotopic (exact) mass is 505 g/mol. The fraction of sp³-hybridized carbons (Fsp3) is 0.552. The molecule has 1 aromatic carbocycles. The summed E-state index contributed by atoms with van der Waals surface area (Å²) in [6, 6.07) is 8.67. The molecule has 0 saturated carbocycles. The highest BCUT2D eigenvalue weighted by atomic mass is 16.7. The number of nitrogens with zero attached hydrogens (tertiary/aromatic N) is 4. The molecule has 2 fully saturated rings. The van der Waals surface area contributed by atoms with Crippen molar-refractivity contribution in [3.63, 3.8) is 0 Å². The van der Waals surface area contributed by atoms with Crippen LogP contribution in [0.3, 0.4) is 0 Å². The van der Waals surface area contributed by atoms with Crippen molar-refractivity contribution in [1.82, 2.24) is 19.9 Å². The molecule has 1 unspecified atom stereocenters. The summed E-state index contributed by atoms with van der Waals surface area (Å²) in [5, 5.41) is 5.07. The van der Waals surface area contributed by atoms with Crippen molar-refractivity contribution < 1.29 is 14.3 Å². The van der Waals surface area contributed by atoms with Crippen LogP contribution in [0.5, 0.6) is 0 Å². The normalized spacial score (nSPS) is 19.0. The Labute approximate surface area is 219 Å². The first-order chi connectivity index (χ1) is 18.1. The van der Waals surface area contributed by atoms with Crippen molar-refractivity contribution in [1.29, 1.82) is 0 Å². The van der Waals surface area contributed by atoms with Crippen molar-refractivity contribution >= 4 is 22.6 Å². The van der Waals surface area contributed by atoms with Crippen LogP contribution in [0.15, 0.2) is 36.7 Å². The number of aryl methyl sites for hydroxylation is 1. The summed E-state index contributed by atoms with van der Waals surface area (Å²) in [7, 11) is 2.15. The molecule has 2 saturated heterocycles. The molecule has 4 heterocycles. The number of benzene rings is 1. The molecule has 8 heteroatoms. The van der Waals surface area contributed by atoms with E-state index in [9.17, 15) is 4.79 Å². The number of para-hydroxylation sites is 1. The van der Waals surface area contributed by atoms with Crippen LogP contribution in [0.25, 0.3) is 10.9 Å². The number of piperidine rings is 1. The molecule has 3 aromatic rings. The smallest absolute Gasteiger partial charge is 0.225 e. The second-order valence-corrected chi connectivity index (χ2v) is 10.3. The number of fused-ring (bicyclic) bond motifs is 1. The SMILES string of the molecule is Cc1c(CCNCC2CCN(c3ncc(C(=O)COC4CCCCO4)cn3)CC2)c2ccccc2n1C. The second-order valence-electron chi connectivity index (χ2n) is 10.3. The number of nitrogens with one attached hydrogen (secondary N) is 1. The highest BCUT2D eigenvalue weighted by Crippen LogP contribution is 2.25. The molecular weight excluding hydrogens is 466 g/mol. The Morgan fingerprint density at radius 3 is 2.68 bits per heavy atom. The average molecular weight is 506 g/mol. The topological polar surface area (TPSA) is 81.5 Å². The van der Waals surface area contributed by atoms with Crippen molar-refractivity contribution in [2.75, 3.05) is 44.3 Å². The van der Waals surface area contributed by atoms with Crippen LogP contribution >= 0.6 is 0 Å². The van der Waals surface area contributed by atoms with Gasteiger partial charge in [0.1, 0.15) is 6.61 Å². The van der Waals surface area contributed by atoms with Gasteiger partial charge in [-0.05, 0) is 76.1 Å². The fourth-order valence-corrected chi connectivity index (χ4v) is 5.49. The van der Waals surface area contributed by atoms with Crippen LogP contribution in [0.1, 0.15) is 53.7 Å². The molecule has 1 atom stereocenters. The van der Waals surface area contributed by atoms with E-state index >= 15 is 0 Å². The number of rotatable bonds is 10. The van der Waals surface area contributed by atoms with E-state index in [2.05, 4.69) is 63.0 Å². The minimum Gasteiger partial charge on any atom is -0.353 e. The lowest BCUT2D eigenvalue weighted by Crippen LogP contribution is -2.38. The number of aromatic nitrogens is 3. The molecule has 8 nitrogen and oxygen atoms in total. The highest BCUT2D eigenvalue weighted by Gasteiger charge is 2.22. The average Bonchev–Trinajstić information content (AvgIpc) is 3.20. The van der Waals surface area contributed by atoms with Gasteiger partial charge < -0.3 is 24.3 Å². The van der Waals surface area contributed by atoms with E-state index in [1.165, 1.54) is 22.2 Å². The number of ether oxygens (including phenoxy) is 2. The van der Waals surface area contributed by atoms with Crippen LogP contribution in [0.2, 0.25) is 0 Å². The Morgan fingerprint density at radius 1 is 1.14 bits per heavy atom. The van der Waals surface area contributed by atoms with Crippen LogP contribution < -0.4 is 10.2 Å². The maximum Gasteiger partial charge on any atom is 0.225 e. The second kappa shape index (κ2) is 12.2. The Bertz CT molecular complexity index is 1180. The molecule has 0 amide bonds. The maximum atomic E-state index is 12.4. The minimum atomic E-state index is -0.268. The molecule has 2 aliphatic heterocycles. The standard InChI is InChI=1S/C29H39N5O3/c1-21-24(25-7-3-4-8-26(25)33(21)2)10-13-30-17-22-11-14-34(15-12-22)29-31-18-23(19-32-29)27(35)20-37-28-9-5-6-16-36-28/h3-4,7-8,18-19,22,28,30H,5-6,9-17,20H2,1-2H3. The molecule has 0 aliphatic carbocycles. The van der Waals surface area contributed by atoms with Gasteiger partial charge in [0.25, 0.3) is 0 Å². The zero-order chi connectivity index (χ0) is 25.6. The van der Waals surface area contributed by atoms with E-state index < -0.39 is 0 Å². The predicted octanol–water partition coefficient (Wildman–Crippen LogP) is 4.05. The van der Waals surface area contributed by atoms with Gasteiger partial charge in [-0.25, -0.2) is 9.97 Å². The van der Waals surface area contributed by atoms with Crippen molar-refractivity contribution in [2.24, 2.45) is 13.0 Å². The van der Waals surface area contributed by atoms with Gasteiger partial charge in [0, 0.05) is 55.7 Å². The first-order valence-electron chi connectivity index (χ1n) is 13.7. The molecule has 5 rings (SSSR count). The number of carbonyl (C=O) groups excluding carboxylic acids is 1. The minimum absolute atomic E-state index is 0.00579. The van der Waals surface area contributed by atoms with Crippen LogP contribution in [-0.2, 0) is 22.9 Å². The highest BCUT2D eigenvalue weighted by molar-refractivity contribution is 5.96.